The van der Waals surface area contributed by atoms with Crippen molar-refractivity contribution in [3.8, 4) is 23.0 Å². The van der Waals surface area contributed by atoms with Gasteiger partial charge in [0, 0.05) is 11.1 Å². The van der Waals surface area contributed by atoms with Crippen LogP contribution in [0.1, 0.15) is 31.8 Å². The number of esters is 2. The van der Waals surface area contributed by atoms with Crippen LogP contribution in [0.5, 0.6) is 23.0 Å². The molecule has 0 saturated heterocycles. The van der Waals surface area contributed by atoms with Crippen LogP contribution in [0.2, 0.25) is 0 Å². The Morgan fingerprint density at radius 1 is 0.615 bits per heavy atom. The molecule has 4 aromatic rings. The summed E-state index contributed by atoms with van der Waals surface area (Å²) in [7, 11) is 0. The van der Waals surface area contributed by atoms with E-state index in [0.29, 0.717) is 35.5 Å². The molecule has 0 aliphatic heterocycles. The molecule has 0 aromatic heterocycles. The minimum absolute atomic E-state index is 0.261. The first-order valence-electron chi connectivity index (χ1n) is 12.0. The Kier molecular flexibility index (Phi) is 8.64. The van der Waals surface area contributed by atoms with E-state index in [0.717, 1.165) is 0 Å². The number of carbonyl (C=O) groups excluding carboxylic acids is 2. The molecule has 4 rings (SSSR count). The van der Waals surface area contributed by atoms with Crippen LogP contribution in [0.3, 0.4) is 0 Å². The Bertz CT molecular complexity index is 1390. The summed E-state index contributed by atoms with van der Waals surface area (Å²) in [4.78, 5) is 25.2. The minimum Gasteiger partial charge on any atom is -0.457 e. The fraction of sp³-hybridized carbons (Fsp3) is 0.0625. The summed E-state index contributed by atoms with van der Waals surface area (Å²) < 4.78 is 43.7. The van der Waals surface area contributed by atoms with Gasteiger partial charge in [0.2, 0.25) is 0 Å². The molecule has 7 heteroatoms. The zero-order valence-electron chi connectivity index (χ0n) is 20.9. The van der Waals surface area contributed by atoms with E-state index in [4.69, 9.17) is 14.2 Å². The molecular formula is C32H24F2O5. The standard InChI is InChI=1S/C32H24F2O5/c1-3-5-23-19-25(33)11-17-29(23)38-31(35)21-7-13-27(14-8-21)37-28-15-9-22(10-16-28)32(36)39-30-18-12-26(34)20-24(30)6-4-2/h3-4,7-20H,1-2,5-6H2. The molecule has 196 valence electrons. The van der Waals surface area contributed by atoms with E-state index in [2.05, 4.69) is 13.2 Å². The van der Waals surface area contributed by atoms with Gasteiger partial charge in [-0.3, -0.25) is 0 Å². The molecule has 0 aliphatic carbocycles. The van der Waals surface area contributed by atoms with Crippen molar-refractivity contribution in [1.29, 1.82) is 0 Å². The summed E-state index contributed by atoms with van der Waals surface area (Å²) in [5.41, 5.74) is 1.60. The van der Waals surface area contributed by atoms with Crippen molar-refractivity contribution in [1.82, 2.24) is 0 Å². The molecule has 39 heavy (non-hydrogen) atoms. The van der Waals surface area contributed by atoms with Crippen LogP contribution < -0.4 is 14.2 Å². The zero-order chi connectivity index (χ0) is 27.8. The lowest BCUT2D eigenvalue weighted by atomic mass is 10.1. The maximum Gasteiger partial charge on any atom is 0.343 e. The largest absolute Gasteiger partial charge is 0.457 e. The molecule has 4 aromatic carbocycles. The van der Waals surface area contributed by atoms with Gasteiger partial charge in [-0.25, -0.2) is 18.4 Å². The normalized spacial score (nSPS) is 10.4. The second-order valence-electron chi connectivity index (χ2n) is 8.42. The van der Waals surface area contributed by atoms with E-state index in [1.807, 2.05) is 0 Å². The summed E-state index contributed by atoms with van der Waals surface area (Å²) in [6.45, 7) is 7.27. The quantitative estimate of drug-likeness (QED) is 0.121. The lowest BCUT2D eigenvalue weighted by Crippen LogP contribution is -2.10. The molecule has 0 saturated carbocycles. The number of hydrogen-bond donors (Lipinski definition) is 0. The van der Waals surface area contributed by atoms with Crippen LogP contribution in [-0.4, -0.2) is 11.9 Å². The maximum atomic E-state index is 13.5. The predicted molar refractivity (Wildman–Crippen MR) is 143 cm³/mol. The molecular weight excluding hydrogens is 502 g/mol. The van der Waals surface area contributed by atoms with Crippen molar-refractivity contribution in [2.75, 3.05) is 0 Å². The molecule has 0 N–H and O–H groups in total. The molecule has 0 spiro atoms. The third kappa shape index (κ3) is 7.05. The minimum atomic E-state index is -0.598. The molecule has 0 radical (unpaired) electrons. The van der Waals surface area contributed by atoms with E-state index < -0.39 is 23.6 Å². The second kappa shape index (κ2) is 12.5. The second-order valence-corrected chi connectivity index (χ2v) is 8.42. The lowest BCUT2D eigenvalue weighted by molar-refractivity contribution is 0.0723. The van der Waals surface area contributed by atoms with Crippen molar-refractivity contribution in [3.05, 3.63) is 144 Å². The number of allylic oxidation sites excluding steroid dienone is 2. The lowest BCUT2D eigenvalue weighted by Gasteiger charge is -2.11. The highest BCUT2D eigenvalue weighted by molar-refractivity contribution is 5.92. The highest BCUT2D eigenvalue weighted by Crippen LogP contribution is 2.26. The van der Waals surface area contributed by atoms with Gasteiger partial charge >= 0.3 is 11.9 Å². The maximum absolute atomic E-state index is 13.5. The van der Waals surface area contributed by atoms with E-state index in [1.54, 1.807) is 60.7 Å². The Hall–Kier alpha value is -5.04. The Labute approximate surface area is 224 Å². The van der Waals surface area contributed by atoms with Gasteiger partial charge in [0.15, 0.2) is 0 Å². The Balaban J connectivity index is 1.38. The first-order valence-corrected chi connectivity index (χ1v) is 12.0. The smallest absolute Gasteiger partial charge is 0.343 e. The van der Waals surface area contributed by atoms with Gasteiger partial charge in [-0.05, 0) is 97.8 Å². The Morgan fingerprint density at radius 2 is 1.00 bits per heavy atom. The summed E-state index contributed by atoms with van der Waals surface area (Å²) in [5, 5.41) is 0. The number of rotatable bonds is 10. The van der Waals surface area contributed by atoms with Crippen molar-refractivity contribution in [3.63, 3.8) is 0 Å². The van der Waals surface area contributed by atoms with Crippen LogP contribution in [0, 0.1) is 11.6 Å². The number of carbonyl (C=O) groups is 2. The van der Waals surface area contributed by atoms with Gasteiger partial charge < -0.3 is 14.2 Å². The van der Waals surface area contributed by atoms with Crippen LogP contribution in [0.25, 0.3) is 0 Å². The van der Waals surface area contributed by atoms with Gasteiger partial charge in [-0.1, -0.05) is 12.2 Å². The van der Waals surface area contributed by atoms with Gasteiger partial charge in [0.25, 0.3) is 0 Å². The summed E-state index contributed by atoms with van der Waals surface area (Å²) >= 11 is 0. The highest BCUT2D eigenvalue weighted by Gasteiger charge is 2.14. The summed E-state index contributed by atoms with van der Waals surface area (Å²) in [6.07, 6.45) is 3.90. The molecule has 0 aliphatic rings. The highest BCUT2D eigenvalue weighted by atomic mass is 19.1. The Morgan fingerprint density at radius 3 is 1.36 bits per heavy atom. The first-order chi connectivity index (χ1) is 18.9. The SMILES string of the molecule is C=CCc1cc(F)ccc1OC(=O)c1ccc(Oc2ccc(C(=O)Oc3ccc(F)cc3CC=C)cc2)cc1. The fourth-order valence-electron chi connectivity index (χ4n) is 3.70. The topological polar surface area (TPSA) is 61.8 Å². The van der Waals surface area contributed by atoms with Crippen molar-refractivity contribution >= 4 is 11.9 Å². The summed E-state index contributed by atoms with van der Waals surface area (Å²) in [5.74, 6) is -0.620. The number of hydrogen-bond acceptors (Lipinski definition) is 5. The molecule has 0 bridgehead atoms. The average Bonchev–Trinajstić information content (AvgIpc) is 2.93. The van der Waals surface area contributed by atoms with E-state index >= 15 is 0 Å². The molecule has 0 unspecified atom stereocenters. The van der Waals surface area contributed by atoms with Gasteiger partial charge in [0.05, 0.1) is 11.1 Å². The number of halogens is 2. The van der Waals surface area contributed by atoms with E-state index in [9.17, 15) is 18.4 Å². The number of benzene rings is 4. The molecule has 0 atom stereocenters. The average molecular weight is 527 g/mol. The molecule has 0 fully saturated rings. The monoisotopic (exact) mass is 526 g/mol. The fourth-order valence-corrected chi connectivity index (χ4v) is 3.70. The zero-order valence-corrected chi connectivity index (χ0v) is 20.9. The number of ether oxygens (including phenoxy) is 3. The van der Waals surface area contributed by atoms with Crippen LogP contribution >= 0.6 is 0 Å². The third-order valence-electron chi connectivity index (χ3n) is 5.59. The summed E-state index contributed by atoms with van der Waals surface area (Å²) in [6, 6.07) is 20.4. The van der Waals surface area contributed by atoms with Crippen LogP contribution in [0.4, 0.5) is 8.78 Å². The van der Waals surface area contributed by atoms with E-state index in [1.165, 1.54) is 36.4 Å². The van der Waals surface area contributed by atoms with Gasteiger partial charge in [0.1, 0.15) is 34.6 Å². The van der Waals surface area contributed by atoms with Crippen LogP contribution in [-0.2, 0) is 12.8 Å². The van der Waals surface area contributed by atoms with Gasteiger partial charge in [-0.2, -0.15) is 0 Å². The third-order valence-corrected chi connectivity index (χ3v) is 5.59. The van der Waals surface area contributed by atoms with Crippen molar-refractivity contribution < 1.29 is 32.6 Å². The predicted octanol–water partition coefficient (Wildman–Crippen LogP) is 7.65. The van der Waals surface area contributed by atoms with Crippen molar-refractivity contribution in [2.45, 2.75) is 12.8 Å². The van der Waals surface area contributed by atoms with Gasteiger partial charge in [-0.15, -0.1) is 13.2 Å². The van der Waals surface area contributed by atoms with E-state index in [-0.39, 0.29) is 22.6 Å². The molecule has 0 amide bonds. The van der Waals surface area contributed by atoms with Crippen molar-refractivity contribution in [2.24, 2.45) is 0 Å². The molecule has 5 nitrogen and oxygen atoms in total. The van der Waals surface area contributed by atoms with Crippen LogP contribution in [0.15, 0.2) is 110 Å². The first kappa shape index (κ1) is 27.0. The molecule has 0 heterocycles.